The molecule has 0 spiro atoms. The van der Waals surface area contributed by atoms with Gasteiger partial charge in [0.2, 0.25) is 0 Å². The van der Waals surface area contributed by atoms with E-state index in [-0.39, 0.29) is 0 Å². The first-order valence-electron chi connectivity index (χ1n) is 4.76. The van der Waals surface area contributed by atoms with Crippen molar-refractivity contribution in [3.63, 3.8) is 0 Å². The highest BCUT2D eigenvalue weighted by Crippen LogP contribution is 2.25. The van der Waals surface area contributed by atoms with Gasteiger partial charge in [-0.1, -0.05) is 12.1 Å². The zero-order valence-electron chi connectivity index (χ0n) is 8.51. The van der Waals surface area contributed by atoms with Crippen molar-refractivity contribution in [2.24, 2.45) is 4.99 Å². The van der Waals surface area contributed by atoms with Gasteiger partial charge in [0.25, 0.3) is 0 Å². The van der Waals surface area contributed by atoms with Gasteiger partial charge in [-0.15, -0.1) is 0 Å². The highest BCUT2D eigenvalue weighted by atomic mass is 15.2. The Kier molecular flexibility index (Phi) is 2.51. The number of aryl methyl sites for hydroxylation is 1. The number of nitrogens with zero attached hydrogens (tertiary/aromatic N) is 3. The van der Waals surface area contributed by atoms with Crippen molar-refractivity contribution in [3.05, 3.63) is 41.6 Å². The summed E-state index contributed by atoms with van der Waals surface area (Å²) in [5.41, 5.74) is 2.74. The number of para-hydroxylation sites is 1. The Morgan fingerprint density at radius 1 is 1.47 bits per heavy atom. The van der Waals surface area contributed by atoms with Crippen LogP contribution in [0.2, 0.25) is 0 Å². The lowest BCUT2D eigenvalue weighted by Gasteiger charge is -2.22. The second kappa shape index (κ2) is 3.97. The molecule has 0 N–H and O–H groups in total. The van der Waals surface area contributed by atoms with E-state index in [0.29, 0.717) is 12.2 Å². The topological polar surface area (TPSA) is 39.4 Å². The van der Waals surface area contributed by atoms with Crippen molar-refractivity contribution >= 4 is 11.9 Å². The predicted octanol–water partition coefficient (Wildman–Crippen LogP) is 2.23. The van der Waals surface area contributed by atoms with E-state index in [0.717, 1.165) is 11.3 Å². The van der Waals surface area contributed by atoms with Crippen LogP contribution >= 0.6 is 0 Å². The molecule has 1 aromatic rings. The molecule has 3 heteroatoms. The van der Waals surface area contributed by atoms with Crippen LogP contribution in [0.4, 0.5) is 5.69 Å². The number of benzene rings is 1. The van der Waals surface area contributed by atoms with Crippen molar-refractivity contribution in [1.82, 2.24) is 0 Å². The molecule has 0 radical (unpaired) electrons. The number of allylic oxidation sites excluding steroid dienone is 1. The monoisotopic (exact) mass is 197 g/mol. The maximum atomic E-state index is 9.03. The predicted molar refractivity (Wildman–Crippen MR) is 60.9 cm³/mol. The number of hydrogen-bond donors (Lipinski definition) is 0. The molecule has 2 rings (SSSR count). The standard InChI is InChI=1S/C12H11N3/c1-10-4-2-5-11(8-13)12(10)15-7-3-6-14-9-15/h2-7H,9H2,1H3. The fourth-order valence-corrected chi connectivity index (χ4v) is 1.66. The van der Waals surface area contributed by atoms with Crippen LogP contribution in [0.5, 0.6) is 0 Å². The molecule has 1 aliphatic heterocycles. The molecular weight excluding hydrogens is 186 g/mol. The summed E-state index contributed by atoms with van der Waals surface area (Å²) in [6.45, 7) is 2.58. The highest BCUT2D eigenvalue weighted by molar-refractivity contribution is 5.75. The first kappa shape index (κ1) is 9.47. The van der Waals surface area contributed by atoms with Crippen LogP contribution in [0.25, 0.3) is 0 Å². The van der Waals surface area contributed by atoms with Crippen LogP contribution in [-0.4, -0.2) is 12.9 Å². The summed E-state index contributed by atoms with van der Waals surface area (Å²) in [7, 11) is 0. The molecule has 15 heavy (non-hydrogen) atoms. The van der Waals surface area contributed by atoms with Crippen LogP contribution in [0.1, 0.15) is 11.1 Å². The number of nitriles is 1. The van der Waals surface area contributed by atoms with Gasteiger partial charge < -0.3 is 4.90 Å². The van der Waals surface area contributed by atoms with Gasteiger partial charge in [0, 0.05) is 12.4 Å². The summed E-state index contributed by atoms with van der Waals surface area (Å²) in [6, 6.07) is 7.93. The van der Waals surface area contributed by atoms with Gasteiger partial charge in [0.15, 0.2) is 0 Å². The zero-order chi connectivity index (χ0) is 10.7. The molecule has 1 aliphatic rings. The van der Waals surface area contributed by atoms with Gasteiger partial charge in [0.1, 0.15) is 12.7 Å². The normalized spacial score (nSPS) is 14.0. The Hall–Kier alpha value is -2.08. The van der Waals surface area contributed by atoms with Crippen LogP contribution in [-0.2, 0) is 0 Å². The number of hydrogen-bond acceptors (Lipinski definition) is 3. The number of aliphatic imine (C=N–C) groups is 1. The van der Waals surface area contributed by atoms with Gasteiger partial charge in [-0.2, -0.15) is 5.26 Å². The first-order chi connectivity index (χ1) is 7.33. The van der Waals surface area contributed by atoms with E-state index in [1.54, 1.807) is 6.21 Å². The molecule has 0 fully saturated rings. The van der Waals surface area contributed by atoms with Gasteiger partial charge in [-0.3, -0.25) is 4.99 Å². The molecule has 0 bridgehead atoms. The molecule has 3 nitrogen and oxygen atoms in total. The van der Waals surface area contributed by atoms with Crippen LogP contribution in [0.3, 0.4) is 0 Å². The summed E-state index contributed by atoms with van der Waals surface area (Å²) < 4.78 is 0. The molecular formula is C12H11N3. The highest BCUT2D eigenvalue weighted by Gasteiger charge is 2.11. The minimum absolute atomic E-state index is 0.579. The summed E-state index contributed by atoms with van der Waals surface area (Å²) in [4.78, 5) is 6.14. The van der Waals surface area contributed by atoms with Crippen molar-refractivity contribution in [2.45, 2.75) is 6.92 Å². The van der Waals surface area contributed by atoms with E-state index in [9.17, 15) is 0 Å². The van der Waals surface area contributed by atoms with E-state index < -0.39 is 0 Å². The fraction of sp³-hybridized carbons (Fsp3) is 0.167. The minimum atomic E-state index is 0.579. The third-order valence-electron chi connectivity index (χ3n) is 2.34. The molecule has 0 aliphatic carbocycles. The molecule has 0 saturated carbocycles. The maximum absolute atomic E-state index is 9.03. The van der Waals surface area contributed by atoms with Gasteiger partial charge >= 0.3 is 0 Å². The summed E-state index contributed by atoms with van der Waals surface area (Å²) >= 11 is 0. The Labute approximate surface area is 89.0 Å². The Morgan fingerprint density at radius 2 is 2.33 bits per heavy atom. The van der Waals surface area contributed by atoms with Crippen LogP contribution in [0, 0.1) is 18.3 Å². The van der Waals surface area contributed by atoms with E-state index in [2.05, 4.69) is 11.1 Å². The second-order valence-electron chi connectivity index (χ2n) is 3.37. The van der Waals surface area contributed by atoms with Crippen molar-refractivity contribution in [2.75, 3.05) is 11.6 Å². The van der Waals surface area contributed by atoms with Crippen molar-refractivity contribution in [1.29, 1.82) is 5.26 Å². The fourth-order valence-electron chi connectivity index (χ4n) is 1.66. The van der Waals surface area contributed by atoms with Crippen LogP contribution < -0.4 is 4.90 Å². The molecule has 1 heterocycles. The third-order valence-corrected chi connectivity index (χ3v) is 2.34. The van der Waals surface area contributed by atoms with E-state index in [1.165, 1.54) is 0 Å². The molecule has 0 aromatic heterocycles. The zero-order valence-corrected chi connectivity index (χ0v) is 8.51. The maximum Gasteiger partial charge on any atom is 0.114 e. The minimum Gasteiger partial charge on any atom is -0.327 e. The lowest BCUT2D eigenvalue weighted by molar-refractivity contribution is 0.961. The third kappa shape index (κ3) is 1.75. The van der Waals surface area contributed by atoms with Crippen molar-refractivity contribution in [3.8, 4) is 6.07 Å². The summed E-state index contributed by atoms with van der Waals surface area (Å²) in [5.74, 6) is 0. The van der Waals surface area contributed by atoms with E-state index in [1.807, 2.05) is 42.3 Å². The molecule has 0 amide bonds. The second-order valence-corrected chi connectivity index (χ2v) is 3.37. The SMILES string of the molecule is Cc1cccc(C#N)c1N1C=CC=NC1. The van der Waals surface area contributed by atoms with Gasteiger partial charge in [-0.05, 0) is 24.6 Å². The van der Waals surface area contributed by atoms with E-state index >= 15 is 0 Å². The summed E-state index contributed by atoms with van der Waals surface area (Å²) in [6.07, 6.45) is 5.58. The van der Waals surface area contributed by atoms with Crippen molar-refractivity contribution < 1.29 is 0 Å². The lowest BCUT2D eigenvalue weighted by Crippen LogP contribution is -2.20. The number of anilines is 1. The van der Waals surface area contributed by atoms with Gasteiger partial charge in [-0.25, -0.2) is 0 Å². The Bertz CT molecular complexity index is 466. The van der Waals surface area contributed by atoms with Gasteiger partial charge in [0.05, 0.1) is 11.3 Å². The average Bonchev–Trinajstić information content (AvgIpc) is 2.29. The first-order valence-corrected chi connectivity index (χ1v) is 4.76. The molecule has 1 aromatic carbocycles. The Morgan fingerprint density at radius 3 is 3.00 bits per heavy atom. The molecule has 0 unspecified atom stereocenters. The summed E-state index contributed by atoms with van der Waals surface area (Å²) in [5, 5.41) is 9.03. The smallest absolute Gasteiger partial charge is 0.114 e. The quantitative estimate of drug-likeness (QED) is 0.692. The average molecular weight is 197 g/mol. The lowest BCUT2D eigenvalue weighted by atomic mass is 10.1. The molecule has 0 atom stereocenters. The van der Waals surface area contributed by atoms with Crippen LogP contribution in [0.15, 0.2) is 35.5 Å². The number of rotatable bonds is 1. The molecule has 74 valence electrons. The largest absolute Gasteiger partial charge is 0.327 e. The molecule has 0 saturated heterocycles. The Balaban J connectivity index is 2.47. The van der Waals surface area contributed by atoms with E-state index in [4.69, 9.17) is 5.26 Å².